The smallest absolute Gasteiger partial charge is 0.256 e. The van der Waals surface area contributed by atoms with Gasteiger partial charge in [0.25, 0.3) is 5.91 Å². The van der Waals surface area contributed by atoms with E-state index in [-0.39, 0.29) is 41.7 Å². The number of hydrogen-bond acceptors (Lipinski definition) is 5. The normalized spacial score (nSPS) is 27.4. The number of thioether (sulfide) groups is 1. The number of nitrogens with zero attached hydrogens (tertiary/aromatic N) is 2. The number of benzene rings is 1. The summed E-state index contributed by atoms with van der Waals surface area (Å²) in [4.78, 5) is 43.3. The van der Waals surface area contributed by atoms with E-state index in [0.717, 1.165) is 18.4 Å². The molecule has 8 heteroatoms. The van der Waals surface area contributed by atoms with E-state index in [1.54, 1.807) is 27.6 Å². The van der Waals surface area contributed by atoms with Crippen LogP contribution in [0.25, 0.3) is 0 Å². The van der Waals surface area contributed by atoms with Crippen LogP contribution in [0.3, 0.4) is 0 Å². The van der Waals surface area contributed by atoms with Gasteiger partial charge in [0, 0.05) is 16.9 Å². The van der Waals surface area contributed by atoms with Gasteiger partial charge in [-0.1, -0.05) is 32.0 Å². The Kier molecular flexibility index (Phi) is 5.81. The zero-order chi connectivity index (χ0) is 22.5. The Bertz CT molecular complexity index is 903. The van der Waals surface area contributed by atoms with E-state index in [4.69, 9.17) is 0 Å². The minimum Gasteiger partial charge on any atom is -0.394 e. The zero-order valence-corrected chi connectivity index (χ0v) is 19.3. The third-order valence-corrected chi connectivity index (χ3v) is 8.18. The third-order valence-electron chi connectivity index (χ3n) is 6.65. The Morgan fingerprint density at radius 2 is 2.00 bits per heavy atom. The fourth-order valence-electron chi connectivity index (χ4n) is 5.04. The second-order valence-corrected chi connectivity index (χ2v) is 11.3. The minimum atomic E-state index is -0.695. The summed E-state index contributed by atoms with van der Waals surface area (Å²) in [6.07, 6.45) is 1.62. The number of hydrogen-bond donors (Lipinski definition) is 2. The number of rotatable bonds is 5. The van der Waals surface area contributed by atoms with Gasteiger partial charge in [0.15, 0.2) is 0 Å². The molecule has 0 aromatic heterocycles. The van der Waals surface area contributed by atoms with Crippen molar-refractivity contribution in [2.75, 3.05) is 13.2 Å². The first-order valence-corrected chi connectivity index (χ1v) is 11.9. The third kappa shape index (κ3) is 3.63. The lowest BCUT2D eigenvalue weighted by Crippen LogP contribution is -2.59. The highest BCUT2D eigenvalue weighted by Gasteiger charge is 2.57. The monoisotopic (exact) mass is 445 g/mol. The zero-order valence-electron chi connectivity index (χ0n) is 18.5. The molecule has 0 unspecified atom stereocenters. The molecular formula is C23H31N3O4S. The lowest BCUT2D eigenvalue weighted by molar-refractivity contribution is -0.140. The van der Waals surface area contributed by atoms with Crippen LogP contribution in [-0.2, 0) is 9.59 Å². The average Bonchev–Trinajstić information content (AvgIpc) is 3.38. The molecule has 3 aliphatic heterocycles. The second-order valence-electron chi connectivity index (χ2n) is 9.52. The molecular weight excluding hydrogens is 414 g/mol. The fourth-order valence-corrected chi connectivity index (χ4v) is 6.63. The predicted octanol–water partition coefficient (Wildman–Crippen LogP) is 2.16. The molecule has 3 heterocycles. The molecule has 0 radical (unpaired) electrons. The summed E-state index contributed by atoms with van der Waals surface area (Å²) in [5.41, 5.74) is 1.59. The van der Waals surface area contributed by atoms with Gasteiger partial charge in [0.2, 0.25) is 11.8 Å². The van der Waals surface area contributed by atoms with Crippen LogP contribution >= 0.6 is 11.8 Å². The van der Waals surface area contributed by atoms with E-state index in [0.29, 0.717) is 12.1 Å². The minimum absolute atomic E-state index is 0.0704. The van der Waals surface area contributed by atoms with Crippen molar-refractivity contribution < 1.29 is 19.5 Å². The first kappa shape index (κ1) is 22.1. The summed E-state index contributed by atoms with van der Waals surface area (Å²) in [5, 5.41) is 12.4. The van der Waals surface area contributed by atoms with Crippen molar-refractivity contribution >= 4 is 29.5 Å². The molecule has 0 bridgehead atoms. The van der Waals surface area contributed by atoms with E-state index >= 15 is 0 Å². The molecule has 3 aliphatic rings. The largest absolute Gasteiger partial charge is 0.394 e. The number of fused-ring (bicyclic) bond motifs is 3. The lowest BCUT2D eigenvalue weighted by Gasteiger charge is -2.34. The van der Waals surface area contributed by atoms with Crippen LogP contribution in [0, 0.1) is 5.92 Å². The molecule has 2 saturated heterocycles. The summed E-state index contributed by atoms with van der Waals surface area (Å²) in [7, 11) is 0. The van der Waals surface area contributed by atoms with Crippen molar-refractivity contribution in [2.24, 2.45) is 5.92 Å². The quantitative estimate of drug-likeness (QED) is 0.725. The van der Waals surface area contributed by atoms with Crippen molar-refractivity contribution in [3.63, 3.8) is 0 Å². The maximum absolute atomic E-state index is 13.5. The van der Waals surface area contributed by atoms with Gasteiger partial charge in [-0.2, -0.15) is 0 Å². The molecule has 2 N–H and O–H groups in total. The number of carbonyl (C=O) groups excluding carboxylic acids is 3. The van der Waals surface area contributed by atoms with Crippen molar-refractivity contribution in [3.05, 3.63) is 35.4 Å². The van der Waals surface area contributed by atoms with E-state index in [9.17, 15) is 19.5 Å². The molecule has 7 nitrogen and oxygen atoms in total. The van der Waals surface area contributed by atoms with Crippen LogP contribution in [0.4, 0.5) is 0 Å². The highest BCUT2D eigenvalue weighted by Crippen LogP contribution is 2.56. The van der Waals surface area contributed by atoms with Crippen molar-refractivity contribution in [3.8, 4) is 0 Å². The van der Waals surface area contributed by atoms with Crippen LogP contribution in [0.15, 0.2) is 24.3 Å². The second kappa shape index (κ2) is 8.13. The van der Waals surface area contributed by atoms with Gasteiger partial charge >= 0.3 is 0 Å². The van der Waals surface area contributed by atoms with Crippen LogP contribution in [0.2, 0.25) is 0 Å². The van der Waals surface area contributed by atoms with Gasteiger partial charge in [-0.3, -0.25) is 14.4 Å². The number of aliphatic hydroxyl groups is 1. The number of aliphatic hydroxyl groups excluding tert-OH is 1. The van der Waals surface area contributed by atoms with Crippen LogP contribution in [-0.4, -0.2) is 68.7 Å². The van der Waals surface area contributed by atoms with Crippen molar-refractivity contribution in [1.82, 2.24) is 15.1 Å². The van der Waals surface area contributed by atoms with Gasteiger partial charge in [0.1, 0.15) is 17.5 Å². The molecule has 2 fully saturated rings. The Morgan fingerprint density at radius 3 is 2.68 bits per heavy atom. The number of nitrogens with one attached hydrogen (secondary N) is 1. The van der Waals surface area contributed by atoms with E-state index in [1.165, 1.54) is 0 Å². The summed E-state index contributed by atoms with van der Waals surface area (Å²) in [5.74, 6) is -0.703. The van der Waals surface area contributed by atoms with Crippen LogP contribution in [0.1, 0.15) is 61.8 Å². The highest BCUT2D eigenvalue weighted by atomic mass is 32.2. The van der Waals surface area contributed by atoms with E-state index < -0.39 is 16.8 Å². The molecule has 4 atom stereocenters. The average molecular weight is 446 g/mol. The van der Waals surface area contributed by atoms with Crippen molar-refractivity contribution in [2.45, 2.75) is 68.8 Å². The number of likely N-dealkylation sites (tertiary alicyclic amines) is 1. The predicted molar refractivity (Wildman–Crippen MR) is 119 cm³/mol. The summed E-state index contributed by atoms with van der Waals surface area (Å²) < 4.78 is -0.496. The molecule has 4 rings (SSSR count). The van der Waals surface area contributed by atoms with Gasteiger partial charge in [-0.05, 0) is 44.2 Å². The summed E-state index contributed by atoms with van der Waals surface area (Å²) in [6, 6.07) is 5.94. The first-order chi connectivity index (χ1) is 14.7. The van der Waals surface area contributed by atoms with Crippen LogP contribution < -0.4 is 5.32 Å². The van der Waals surface area contributed by atoms with E-state index in [1.807, 2.05) is 45.9 Å². The SMILES string of the molecule is CC(C)[C@H](NC(=O)[C@@H]1N2C(=O)c3ccccc3[C@@H]2SC1(C)C)C(=O)N1CCC[C@H]1CO. The van der Waals surface area contributed by atoms with Gasteiger partial charge in [0.05, 0.1) is 12.6 Å². The number of amides is 3. The first-order valence-electron chi connectivity index (χ1n) is 11.0. The number of carbonyl (C=O) groups is 3. The Morgan fingerprint density at radius 1 is 1.29 bits per heavy atom. The molecule has 168 valence electrons. The molecule has 0 spiro atoms. The van der Waals surface area contributed by atoms with Crippen LogP contribution in [0.5, 0.6) is 0 Å². The Balaban J connectivity index is 1.58. The van der Waals surface area contributed by atoms with E-state index in [2.05, 4.69) is 5.32 Å². The molecule has 3 amide bonds. The Labute approximate surface area is 187 Å². The standard InChI is InChI=1S/C23H31N3O4S/c1-13(2)17(21(30)25-11-7-8-14(25)12-27)24-19(28)18-23(3,4)31-22-16-10-6-5-9-15(16)20(29)26(18)22/h5-6,9-10,13-14,17-18,22,27H,7-8,11-12H2,1-4H3,(H,24,28)/t14-,17-,18-,22-/m0/s1. The summed E-state index contributed by atoms with van der Waals surface area (Å²) >= 11 is 1.61. The molecule has 1 aromatic carbocycles. The molecule has 0 saturated carbocycles. The highest BCUT2D eigenvalue weighted by molar-refractivity contribution is 8.01. The fraction of sp³-hybridized carbons (Fsp3) is 0.609. The van der Waals surface area contributed by atoms with Crippen molar-refractivity contribution in [1.29, 1.82) is 0 Å². The maximum Gasteiger partial charge on any atom is 0.256 e. The lowest BCUT2D eigenvalue weighted by atomic mass is 9.97. The van der Waals surface area contributed by atoms with Gasteiger partial charge in [-0.15, -0.1) is 11.8 Å². The Hall–Kier alpha value is -2.06. The topological polar surface area (TPSA) is 90.0 Å². The molecule has 0 aliphatic carbocycles. The van der Waals surface area contributed by atoms with Gasteiger partial charge in [-0.25, -0.2) is 0 Å². The molecule has 31 heavy (non-hydrogen) atoms. The van der Waals surface area contributed by atoms with Gasteiger partial charge < -0.3 is 20.2 Å². The maximum atomic E-state index is 13.5. The summed E-state index contributed by atoms with van der Waals surface area (Å²) in [6.45, 7) is 8.28. The molecule has 1 aromatic rings.